The highest BCUT2D eigenvalue weighted by Crippen LogP contribution is 2.32. The van der Waals surface area contributed by atoms with E-state index in [1.54, 1.807) is 18.2 Å². The Morgan fingerprint density at radius 3 is 1.93 bits per heavy atom. The average molecular weight is 422 g/mol. The van der Waals surface area contributed by atoms with Crippen molar-refractivity contribution in [3.63, 3.8) is 0 Å². The van der Waals surface area contributed by atoms with Crippen LogP contribution in [0, 0.1) is 5.92 Å². The lowest BCUT2D eigenvalue weighted by atomic mass is 9.81. The highest BCUT2D eigenvalue weighted by atomic mass is 16.6. The second-order valence-electron chi connectivity index (χ2n) is 6.14. The van der Waals surface area contributed by atoms with E-state index in [0.29, 0.717) is 0 Å². The Morgan fingerprint density at radius 1 is 0.867 bits per heavy atom. The zero-order chi connectivity index (χ0) is 22.7. The molecule has 0 aliphatic heterocycles. The van der Waals surface area contributed by atoms with Gasteiger partial charge in [0.15, 0.2) is 5.92 Å². The van der Waals surface area contributed by atoms with E-state index in [0.717, 1.165) is 6.92 Å². The lowest BCUT2D eigenvalue weighted by Crippen LogP contribution is -2.57. The van der Waals surface area contributed by atoms with Crippen LogP contribution in [0.3, 0.4) is 0 Å². The lowest BCUT2D eigenvalue weighted by molar-refractivity contribution is -0.187. The Bertz CT molecular complexity index is 772. The fraction of sp³-hybridized carbons (Fsp3) is 0.476. The van der Waals surface area contributed by atoms with Gasteiger partial charge in [0.05, 0.1) is 31.8 Å². The maximum atomic E-state index is 13.0. The first-order valence-electron chi connectivity index (χ1n) is 9.51. The lowest BCUT2D eigenvalue weighted by Gasteiger charge is -2.34. The predicted octanol–water partition coefficient (Wildman–Crippen LogP) is 1.87. The summed E-state index contributed by atoms with van der Waals surface area (Å²) in [5, 5.41) is 0. The van der Waals surface area contributed by atoms with E-state index in [2.05, 4.69) is 0 Å². The van der Waals surface area contributed by atoms with Crippen LogP contribution in [0.1, 0.15) is 44.5 Å². The van der Waals surface area contributed by atoms with Crippen molar-refractivity contribution in [3.8, 4) is 0 Å². The SMILES string of the molecule is CCOC(=O)CC(OC(=O)c1ccccc1)(C(=O)OCC)C(C(C)=O)C(=O)OCC. The van der Waals surface area contributed by atoms with Gasteiger partial charge in [-0.15, -0.1) is 0 Å². The Labute approximate surface area is 174 Å². The van der Waals surface area contributed by atoms with Crippen molar-refractivity contribution in [3.05, 3.63) is 35.9 Å². The van der Waals surface area contributed by atoms with E-state index in [-0.39, 0.29) is 25.4 Å². The second kappa shape index (κ2) is 11.7. The van der Waals surface area contributed by atoms with Gasteiger partial charge in [0.1, 0.15) is 5.78 Å². The second-order valence-corrected chi connectivity index (χ2v) is 6.14. The molecule has 2 unspecified atom stereocenters. The topological polar surface area (TPSA) is 122 Å². The molecule has 0 spiro atoms. The van der Waals surface area contributed by atoms with E-state index in [1.165, 1.54) is 32.9 Å². The summed E-state index contributed by atoms with van der Waals surface area (Å²) in [6.07, 6.45) is -0.901. The maximum absolute atomic E-state index is 13.0. The van der Waals surface area contributed by atoms with Gasteiger partial charge in [-0.1, -0.05) is 18.2 Å². The summed E-state index contributed by atoms with van der Waals surface area (Å²) in [5.41, 5.74) is -2.55. The molecule has 9 heteroatoms. The zero-order valence-electron chi connectivity index (χ0n) is 17.5. The third kappa shape index (κ3) is 6.13. The molecule has 0 bridgehead atoms. The Kier molecular flexibility index (Phi) is 9.67. The normalized spacial score (nSPS) is 13.3. The highest BCUT2D eigenvalue weighted by Gasteiger charge is 2.59. The van der Waals surface area contributed by atoms with Crippen molar-refractivity contribution in [1.29, 1.82) is 0 Å². The monoisotopic (exact) mass is 422 g/mol. The van der Waals surface area contributed by atoms with Gasteiger partial charge in [-0.2, -0.15) is 0 Å². The van der Waals surface area contributed by atoms with E-state index in [1.807, 2.05) is 0 Å². The van der Waals surface area contributed by atoms with Crippen molar-refractivity contribution >= 4 is 29.7 Å². The molecular weight excluding hydrogens is 396 g/mol. The summed E-state index contributed by atoms with van der Waals surface area (Å²) in [5.74, 6) is -7.09. The van der Waals surface area contributed by atoms with Crippen LogP contribution in [0.4, 0.5) is 0 Å². The summed E-state index contributed by atoms with van der Waals surface area (Å²) in [7, 11) is 0. The first-order valence-corrected chi connectivity index (χ1v) is 9.51. The average Bonchev–Trinajstić information content (AvgIpc) is 2.68. The minimum atomic E-state index is -2.59. The molecule has 0 aliphatic carbocycles. The summed E-state index contributed by atoms with van der Waals surface area (Å²) in [6, 6.07) is 7.60. The van der Waals surface area contributed by atoms with E-state index >= 15 is 0 Å². The first-order chi connectivity index (χ1) is 14.2. The molecular formula is C21H26O9. The van der Waals surface area contributed by atoms with Gasteiger partial charge in [0.25, 0.3) is 0 Å². The van der Waals surface area contributed by atoms with Crippen molar-refractivity contribution in [2.75, 3.05) is 19.8 Å². The van der Waals surface area contributed by atoms with Gasteiger partial charge >= 0.3 is 23.9 Å². The van der Waals surface area contributed by atoms with Crippen LogP contribution in [-0.2, 0) is 38.1 Å². The molecule has 30 heavy (non-hydrogen) atoms. The number of esters is 4. The molecule has 0 aromatic heterocycles. The Hall–Kier alpha value is -3.23. The molecule has 0 N–H and O–H groups in total. The zero-order valence-corrected chi connectivity index (χ0v) is 17.5. The number of carbonyl (C=O) groups excluding carboxylic acids is 5. The molecule has 0 saturated carbocycles. The van der Waals surface area contributed by atoms with Crippen LogP contribution < -0.4 is 0 Å². The number of carbonyl (C=O) groups is 5. The molecule has 0 amide bonds. The minimum absolute atomic E-state index is 0.0332. The van der Waals surface area contributed by atoms with Crippen LogP contribution in [0.5, 0.6) is 0 Å². The smallest absolute Gasteiger partial charge is 0.352 e. The molecule has 0 radical (unpaired) electrons. The number of rotatable bonds is 11. The highest BCUT2D eigenvalue weighted by molar-refractivity contribution is 6.07. The maximum Gasteiger partial charge on any atom is 0.352 e. The number of hydrogen-bond donors (Lipinski definition) is 0. The van der Waals surface area contributed by atoms with Crippen molar-refractivity contribution in [1.82, 2.24) is 0 Å². The molecule has 1 aromatic rings. The number of hydrogen-bond acceptors (Lipinski definition) is 9. The van der Waals surface area contributed by atoms with Crippen LogP contribution in [0.15, 0.2) is 30.3 Å². The van der Waals surface area contributed by atoms with Gasteiger partial charge in [0, 0.05) is 0 Å². The standard InChI is InChI=1S/C21H26O9/c1-5-27-16(23)13-21(20(26)29-7-3,17(14(4)22)19(25)28-6-2)30-18(24)15-11-9-8-10-12-15/h8-12,17H,5-7,13H2,1-4H3. The van der Waals surface area contributed by atoms with Gasteiger partial charge in [-0.25, -0.2) is 9.59 Å². The van der Waals surface area contributed by atoms with Gasteiger partial charge < -0.3 is 18.9 Å². The summed E-state index contributed by atoms with van der Waals surface area (Å²) in [4.78, 5) is 63.1. The molecule has 0 fully saturated rings. The fourth-order valence-corrected chi connectivity index (χ4v) is 2.82. The molecule has 9 nitrogen and oxygen atoms in total. The fourth-order valence-electron chi connectivity index (χ4n) is 2.82. The summed E-state index contributed by atoms with van der Waals surface area (Å²) < 4.78 is 20.2. The molecule has 1 rings (SSSR count). The minimum Gasteiger partial charge on any atom is -0.466 e. The third-order valence-corrected chi connectivity index (χ3v) is 4.01. The molecule has 0 saturated heterocycles. The molecule has 2 atom stereocenters. The number of ketones is 1. The number of benzene rings is 1. The van der Waals surface area contributed by atoms with E-state index in [9.17, 15) is 24.0 Å². The van der Waals surface area contributed by atoms with Crippen LogP contribution in [0.2, 0.25) is 0 Å². The Balaban J connectivity index is 3.61. The van der Waals surface area contributed by atoms with E-state index in [4.69, 9.17) is 18.9 Å². The summed E-state index contributed by atoms with van der Waals surface area (Å²) >= 11 is 0. The van der Waals surface area contributed by atoms with Crippen LogP contribution in [-0.4, -0.2) is 55.1 Å². The van der Waals surface area contributed by atoms with Gasteiger partial charge in [0.2, 0.25) is 5.60 Å². The van der Waals surface area contributed by atoms with Crippen molar-refractivity contribution < 1.29 is 42.9 Å². The molecule has 1 aromatic carbocycles. The van der Waals surface area contributed by atoms with Crippen LogP contribution in [0.25, 0.3) is 0 Å². The first kappa shape index (κ1) is 24.8. The number of ether oxygens (including phenoxy) is 4. The van der Waals surface area contributed by atoms with Crippen LogP contribution >= 0.6 is 0 Å². The summed E-state index contributed by atoms with van der Waals surface area (Å²) in [6.45, 7) is 5.26. The number of Topliss-reactive ketones (excluding diaryl/α,β-unsaturated/α-hetero) is 1. The van der Waals surface area contributed by atoms with E-state index < -0.39 is 47.6 Å². The van der Waals surface area contributed by atoms with Gasteiger partial charge in [-0.3, -0.25) is 14.4 Å². The quantitative estimate of drug-likeness (QED) is 0.299. The largest absolute Gasteiger partial charge is 0.466 e. The van der Waals surface area contributed by atoms with Gasteiger partial charge in [-0.05, 0) is 39.8 Å². The predicted molar refractivity (Wildman–Crippen MR) is 103 cm³/mol. The third-order valence-electron chi connectivity index (χ3n) is 4.01. The molecule has 0 aliphatic rings. The van der Waals surface area contributed by atoms with Crippen molar-refractivity contribution in [2.45, 2.75) is 39.7 Å². The van der Waals surface area contributed by atoms with Crippen molar-refractivity contribution in [2.24, 2.45) is 5.92 Å². The molecule has 0 heterocycles. The molecule has 164 valence electrons. The Morgan fingerprint density at radius 2 is 1.43 bits per heavy atom.